The summed E-state index contributed by atoms with van der Waals surface area (Å²) in [5, 5.41) is 0. The first-order valence-corrected chi connectivity index (χ1v) is 6.61. The first kappa shape index (κ1) is 14.4. The summed E-state index contributed by atoms with van der Waals surface area (Å²) in [4.78, 5) is 11.4. The molecule has 0 saturated heterocycles. The maximum absolute atomic E-state index is 11.4. The Kier molecular flexibility index (Phi) is 5.82. The number of carbonyl (C=O) groups is 1. The van der Waals surface area contributed by atoms with Crippen LogP contribution in [0.5, 0.6) is 0 Å². The van der Waals surface area contributed by atoms with Crippen molar-refractivity contribution in [1.82, 2.24) is 4.72 Å². The molecule has 0 aromatic heterocycles. The van der Waals surface area contributed by atoms with Gasteiger partial charge in [-0.3, -0.25) is 4.79 Å². The molecule has 0 radical (unpaired) electrons. The Morgan fingerprint density at radius 1 is 1.40 bits per heavy atom. The van der Waals surface area contributed by atoms with Crippen LogP contribution in [0.1, 0.15) is 27.2 Å². The maximum atomic E-state index is 11.4. The molecule has 0 amide bonds. The van der Waals surface area contributed by atoms with Crippen molar-refractivity contribution in [2.75, 3.05) is 12.9 Å². The molecular weight excluding hydrogens is 218 g/mol. The lowest BCUT2D eigenvalue weighted by Crippen LogP contribution is -2.46. The Morgan fingerprint density at radius 3 is 2.27 bits per heavy atom. The molecule has 0 fully saturated rings. The van der Waals surface area contributed by atoms with Crippen LogP contribution in [0.4, 0.5) is 0 Å². The Labute approximate surface area is 91.2 Å². The van der Waals surface area contributed by atoms with Crippen LogP contribution in [0.25, 0.3) is 0 Å². The zero-order valence-corrected chi connectivity index (χ0v) is 10.4. The van der Waals surface area contributed by atoms with Crippen LogP contribution in [0.2, 0.25) is 0 Å². The Morgan fingerprint density at radius 2 is 1.93 bits per heavy atom. The molecule has 0 aliphatic carbocycles. The first-order chi connectivity index (χ1) is 6.87. The van der Waals surface area contributed by atoms with Crippen LogP contribution < -0.4 is 4.72 Å². The number of rotatable bonds is 6. The summed E-state index contributed by atoms with van der Waals surface area (Å²) in [6.07, 6.45) is 0.700. The molecule has 2 atom stereocenters. The van der Waals surface area contributed by atoms with E-state index in [2.05, 4.69) is 9.46 Å². The molecule has 6 heteroatoms. The number of carbonyl (C=O) groups excluding carboxylic acids is 1. The highest BCUT2D eigenvalue weighted by Crippen LogP contribution is 2.10. The second-order valence-electron chi connectivity index (χ2n) is 3.41. The van der Waals surface area contributed by atoms with Gasteiger partial charge in [-0.2, -0.15) is 0 Å². The molecule has 15 heavy (non-hydrogen) atoms. The third-order valence-electron chi connectivity index (χ3n) is 2.35. The number of sulfonamides is 1. The van der Waals surface area contributed by atoms with Crippen molar-refractivity contribution in [3.63, 3.8) is 0 Å². The highest BCUT2D eigenvalue weighted by atomic mass is 32.2. The molecule has 0 aromatic rings. The molecular formula is C9H19NO4S. The van der Waals surface area contributed by atoms with Gasteiger partial charge in [0.05, 0.1) is 12.9 Å². The zero-order valence-electron chi connectivity index (χ0n) is 9.61. The van der Waals surface area contributed by atoms with Gasteiger partial charge in [0.1, 0.15) is 6.04 Å². The SMILES string of the molecule is CCC(C)C(NS(=O)(=O)CC)C(=O)OC. The van der Waals surface area contributed by atoms with E-state index in [1.54, 1.807) is 6.92 Å². The smallest absolute Gasteiger partial charge is 0.324 e. The fourth-order valence-corrected chi connectivity index (χ4v) is 1.92. The lowest BCUT2D eigenvalue weighted by molar-refractivity contribution is -0.143. The molecule has 5 nitrogen and oxygen atoms in total. The summed E-state index contributed by atoms with van der Waals surface area (Å²) in [5.41, 5.74) is 0. The summed E-state index contributed by atoms with van der Waals surface area (Å²) in [6, 6.07) is -0.787. The highest BCUT2D eigenvalue weighted by molar-refractivity contribution is 7.89. The van der Waals surface area contributed by atoms with E-state index in [0.717, 1.165) is 0 Å². The summed E-state index contributed by atoms with van der Waals surface area (Å²) >= 11 is 0. The summed E-state index contributed by atoms with van der Waals surface area (Å²) in [5.74, 6) is -0.670. The van der Waals surface area contributed by atoms with Gasteiger partial charge in [-0.15, -0.1) is 0 Å². The van der Waals surface area contributed by atoms with Crippen LogP contribution in [0, 0.1) is 5.92 Å². The predicted octanol–water partition coefficient (Wildman–Crippen LogP) is 0.513. The minimum atomic E-state index is -3.38. The van der Waals surface area contributed by atoms with Gasteiger partial charge in [0.2, 0.25) is 10.0 Å². The monoisotopic (exact) mass is 237 g/mol. The van der Waals surface area contributed by atoms with Crippen molar-refractivity contribution in [2.24, 2.45) is 5.92 Å². The highest BCUT2D eigenvalue weighted by Gasteiger charge is 2.28. The summed E-state index contributed by atoms with van der Waals surface area (Å²) in [7, 11) is -2.13. The average Bonchev–Trinajstić information content (AvgIpc) is 2.23. The first-order valence-electron chi connectivity index (χ1n) is 4.95. The molecule has 0 saturated carbocycles. The van der Waals surface area contributed by atoms with Gasteiger partial charge in [0, 0.05) is 0 Å². The van der Waals surface area contributed by atoms with E-state index in [1.165, 1.54) is 14.0 Å². The van der Waals surface area contributed by atoms with Gasteiger partial charge < -0.3 is 4.74 Å². The van der Waals surface area contributed by atoms with Gasteiger partial charge in [-0.1, -0.05) is 20.3 Å². The topological polar surface area (TPSA) is 72.5 Å². The van der Waals surface area contributed by atoms with Crippen molar-refractivity contribution in [3.8, 4) is 0 Å². The van der Waals surface area contributed by atoms with E-state index >= 15 is 0 Å². The Bertz CT molecular complexity index is 299. The van der Waals surface area contributed by atoms with Crippen molar-refractivity contribution in [3.05, 3.63) is 0 Å². The average molecular weight is 237 g/mol. The number of hydrogen-bond donors (Lipinski definition) is 1. The molecule has 0 aromatic carbocycles. The number of nitrogens with one attached hydrogen (secondary N) is 1. The molecule has 0 aliphatic heterocycles. The van der Waals surface area contributed by atoms with Gasteiger partial charge in [0.15, 0.2) is 0 Å². The molecule has 0 spiro atoms. The predicted molar refractivity (Wildman–Crippen MR) is 57.9 cm³/mol. The molecule has 90 valence electrons. The molecule has 0 heterocycles. The number of hydrogen-bond acceptors (Lipinski definition) is 4. The van der Waals surface area contributed by atoms with E-state index in [9.17, 15) is 13.2 Å². The Balaban J connectivity index is 4.74. The molecule has 1 N–H and O–H groups in total. The van der Waals surface area contributed by atoms with Gasteiger partial charge in [-0.05, 0) is 12.8 Å². The summed E-state index contributed by atoms with van der Waals surface area (Å²) < 4.78 is 29.6. The second-order valence-corrected chi connectivity index (χ2v) is 5.45. The normalized spacial score (nSPS) is 15.7. The van der Waals surface area contributed by atoms with Gasteiger partial charge in [0.25, 0.3) is 0 Å². The molecule has 0 aliphatic rings. The van der Waals surface area contributed by atoms with Gasteiger partial charge in [-0.25, -0.2) is 13.1 Å². The fourth-order valence-electron chi connectivity index (χ4n) is 1.04. The van der Waals surface area contributed by atoms with Crippen molar-refractivity contribution in [2.45, 2.75) is 33.2 Å². The van der Waals surface area contributed by atoms with Crippen LogP contribution >= 0.6 is 0 Å². The number of methoxy groups -OCH3 is 1. The van der Waals surface area contributed by atoms with Crippen LogP contribution in [0.3, 0.4) is 0 Å². The third kappa shape index (κ3) is 4.61. The Hall–Kier alpha value is -0.620. The second kappa shape index (κ2) is 6.07. The molecule has 2 unspecified atom stereocenters. The van der Waals surface area contributed by atoms with Crippen LogP contribution in [-0.4, -0.2) is 33.3 Å². The minimum absolute atomic E-state index is 0.0447. The van der Waals surface area contributed by atoms with E-state index < -0.39 is 22.0 Å². The molecule has 0 bridgehead atoms. The number of ether oxygens (including phenoxy) is 1. The quantitative estimate of drug-likeness (QED) is 0.683. The van der Waals surface area contributed by atoms with Crippen molar-refractivity contribution in [1.29, 1.82) is 0 Å². The summed E-state index contributed by atoms with van der Waals surface area (Å²) in [6.45, 7) is 5.22. The fraction of sp³-hybridized carbons (Fsp3) is 0.889. The lowest BCUT2D eigenvalue weighted by Gasteiger charge is -2.21. The van der Waals surface area contributed by atoms with E-state index in [-0.39, 0.29) is 11.7 Å². The van der Waals surface area contributed by atoms with E-state index in [0.29, 0.717) is 6.42 Å². The van der Waals surface area contributed by atoms with E-state index in [1.807, 2.05) is 6.92 Å². The minimum Gasteiger partial charge on any atom is -0.468 e. The van der Waals surface area contributed by atoms with Crippen molar-refractivity contribution >= 4 is 16.0 Å². The maximum Gasteiger partial charge on any atom is 0.324 e. The van der Waals surface area contributed by atoms with Crippen molar-refractivity contribution < 1.29 is 17.9 Å². The van der Waals surface area contributed by atoms with Crippen LogP contribution in [-0.2, 0) is 19.6 Å². The standard InChI is InChI=1S/C9H19NO4S/c1-5-7(3)8(9(11)14-4)10-15(12,13)6-2/h7-8,10H,5-6H2,1-4H3. The largest absolute Gasteiger partial charge is 0.468 e. The number of esters is 1. The third-order valence-corrected chi connectivity index (χ3v) is 3.73. The zero-order chi connectivity index (χ0) is 12.1. The van der Waals surface area contributed by atoms with Gasteiger partial charge >= 0.3 is 5.97 Å². The van der Waals surface area contributed by atoms with E-state index in [4.69, 9.17) is 0 Å². The lowest BCUT2D eigenvalue weighted by atomic mass is 10.0. The molecule has 0 rings (SSSR count). The van der Waals surface area contributed by atoms with Crippen LogP contribution in [0.15, 0.2) is 0 Å².